The molecule has 13 heavy (non-hydrogen) atoms. The van der Waals surface area contributed by atoms with Crippen molar-refractivity contribution in [1.29, 1.82) is 0 Å². The Balaban J connectivity index is 2.18. The van der Waals surface area contributed by atoms with Crippen LogP contribution in [0.4, 0.5) is 5.69 Å². The Morgan fingerprint density at radius 3 is 2.54 bits per heavy atom. The fourth-order valence-electron chi connectivity index (χ4n) is 1.89. The van der Waals surface area contributed by atoms with Crippen molar-refractivity contribution in [3.05, 3.63) is 29.8 Å². The first kappa shape index (κ1) is 8.57. The second kappa shape index (κ2) is 3.79. The number of para-hydroxylation sites is 1. The lowest BCUT2D eigenvalue weighted by molar-refractivity contribution is 0.0855. The molecule has 1 saturated heterocycles. The highest BCUT2D eigenvalue weighted by Gasteiger charge is 2.17. The van der Waals surface area contributed by atoms with Gasteiger partial charge in [0.15, 0.2) is 0 Å². The minimum atomic E-state index is 0.606. The van der Waals surface area contributed by atoms with Crippen LogP contribution in [-0.4, -0.2) is 13.2 Å². The van der Waals surface area contributed by atoms with Crippen LogP contribution in [0.1, 0.15) is 24.3 Å². The van der Waals surface area contributed by atoms with Crippen LogP contribution in [0.5, 0.6) is 0 Å². The van der Waals surface area contributed by atoms with Gasteiger partial charge in [-0.2, -0.15) is 0 Å². The van der Waals surface area contributed by atoms with Gasteiger partial charge in [-0.3, -0.25) is 0 Å². The Morgan fingerprint density at radius 2 is 1.85 bits per heavy atom. The molecular weight excluding hydrogens is 162 g/mol. The highest BCUT2D eigenvalue weighted by molar-refractivity contribution is 5.48. The SMILES string of the molecule is Nc1ccccc1C1CCOCC1. The molecule has 0 aliphatic carbocycles. The molecule has 0 amide bonds. The topological polar surface area (TPSA) is 35.2 Å². The van der Waals surface area contributed by atoms with Crippen LogP contribution < -0.4 is 5.73 Å². The standard InChI is InChI=1S/C11H15NO/c12-11-4-2-1-3-10(11)9-5-7-13-8-6-9/h1-4,9H,5-8,12H2. The number of anilines is 1. The van der Waals surface area contributed by atoms with Crippen molar-refractivity contribution in [2.45, 2.75) is 18.8 Å². The van der Waals surface area contributed by atoms with Crippen LogP contribution in [0.15, 0.2) is 24.3 Å². The maximum atomic E-state index is 5.91. The van der Waals surface area contributed by atoms with E-state index in [9.17, 15) is 0 Å². The summed E-state index contributed by atoms with van der Waals surface area (Å²) in [5, 5.41) is 0. The number of nitrogens with two attached hydrogens (primary N) is 1. The van der Waals surface area contributed by atoms with E-state index in [4.69, 9.17) is 10.5 Å². The van der Waals surface area contributed by atoms with Crippen LogP contribution in [0.2, 0.25) is 0 Å². The first-order valence-electron chi connectivity index (χ1n) is 4.80. The second-order valence-electron chi connectivity index (χ2n) is 3.52. The lowest BCUT2D eigenvalue weighted by Crippen LogP contribution is -2.15. The van der Waals surface area contributed by atoms with Crippen molar-refractivity contribution in [1.82, 2.24) is 0 Å². The third kappa shape index (κ3) is 1.83. The van der Waals surface area contributed by atoms with E-state index in [0.29, 0.717) is 5.92 Å². The molecule has 70 valence electrons. The molecule has 1 fully saturated rings. The molecule has 2 heteroatoms. The Morgan fingerprint density at radius 1 is 1.15 bits per heavy atom. The van der Waals surface area contributed by atoms with Gasteiger partial charge in [0, 0.05) is 18.9 Å². The lowest BCUT2D eigenvalue weighted by atomic mass is 9.91. The summed E-state index contributed by atoms with van der Waals surface area (Å²) in [5.74, 6) is 0.606. The molecule has 2 N–H and O–H groups in total. The van der Waals surface area contributed by atoms with Crippen LogP contribution in [0.25, 0.3) is 0 Å². The molecule has 0 unspecified atom stereocenters. The molecule has 0 saturated carbocycles. The largest absolute Gasteiger partial charge is 0.398 e. The molecule has 2 rings (SSSR count). The number of hydrogen-bond acceptors (Lipinski definition) is 2. The molecule has 1 aliphatic heterocycles. The van der Waals surface area contributed by atoms with Crippen molar-refractivity contribution < 1.29 is 4.74 Å². The highest BCUT2D eigenvalue weighted by Crippen LogP contribution is 2.30. The first-order chi connectivity index (χ1) is 6.38. The molecule has 1 aromatic carbocycles. The summed E-state index contributed by atoms with van der Waals surface area (Å²) >= 11 is 0. The number of benzene rings is 1. The van der Waals surface area contributed by atoms with Crippen LogP contribution in [0.3, 0.4) is 0 Å². The maximum Gasteiger partial charge on any atom is 0.0471 e. The van der Waals surface area contributed by atoms with E-state index >= 15 is 0 Å². The normalized spacial score (nSPS) is 18.8. The zero-order chi connectivity index (χ0) is 9.10. The molecule has 1 aliphatic rings. The lowest BCUT2D eigenvalue weighted by Gasteiger charge is -2.23. The van der Waals surface area contributed by atoms with Gasteiger partial charge < -0.3 is 10.5 Å². The third-order valence-corrected chi connectivity index (χ3v) is 2.66. The summed E-state index contributed by atoms with van der Waals surface area (Å²) in [5.41, 5.74) is 8.13. The van der Waals surface area contributed by atoms with Crippen LogP contribution in [-0.2, 0) is 4.74 Å². The summed E-state index contributed by atoms with van der Waals surface area (Å²) in [6.45, 7) is 1.75. The predicted molar refractivity (Wildman–Crippen MR) is 53.6 cm³/mol. The molecule has 0 bridgehead atoms. The van der Waals surface area contributed by atoms with Gasteiger partial charge in [0.05, 0.1) is 0 Å². The third-order valence-electron chi connectivity index (χ3n) is 2.66. The average molecular weight is 177 g/mol. The van der Waals surface area contributed by atoms with E-state index in [1.165, 1.54) is 5.56 Å². The fraction of sp³-hybridized carbons (Fsp3) is 0.455. The van der Waals surface area contributed by atoms with Crippen LogP contribution >= 0.6 is 0 Å². The van der Waals surface area contributed by atoms with Gasteiger partial charge in [0.1, 0.15) is 0 Å². The maximum absolute atomic E-state index is 5.91. The van der Waals surface area contributed by atoms with Gasteiger partial charge in [0.2, 0.25) is 0 Å². The highest BCUT2D eigenvalue weighted by atomic mass is 16.5. The molecule has 0 atom stereocenters. The quantitative estimate of drug-likeness (QED) is 0.667. The summed E-state index contributed by atoms with van der Waals surface area (Å²) in [6, 6.07) is 8.15. The van der Waals surface area contributed by atoms with Crippen molar-refractivity contribution in [3.8, 4) is 0 Å². The van der Waals surface area contributed by atoms with Gasteiger partial charge >= 0.3 is 0 Å². The molecule has 2 nitrogen and oxygen atoms in total. The van der Waals surface area contributed by atoms with Crippen molar-refractivity contribution >= 4 is 5.69 Å². The Hall–Kier alpha value is -1.02. The Bertz CT molecular complexity index is 279. The van der Waals surface area contributed by atoms with Crippen LogP contribution in [0, 0.1) is 0 Å². The van der Waals surface area contributed by atoms with Crippen molar-refractivity contribution in [2.24, 2.45) is 0 Å². The minimum Gasteiger partial charge on any atom is -0.398 e. The van der Waals surface area contributed by atoms with Gasteiger partial charge in [0.25, 0.3) is 0 Å². The molecule has 0 aromatic heterocycles. The fourth-order valence-corrected chi connectivity index (χ4v) is 1.89. The van der Waals surface area contributed by atoms with Crippen molar-refractivity contribution in [2.75, 3.05) is 18.9 Å². The summed E-state index contributed by atoms with van der Waals surface area (Å²) in [6.07, 6.45) is 2.21. The molecule has 0 radical (unpaired) electrons. The molecule has 1 aromatic rings. The second-order valence-corrected chi connectivity index (χ2v) is 3.52. The number of nitrogen functional groups attached to an aromatic ring is 1. The molecule has 0 spiro atoms. The minimum absolute atomic E-state index is 0.606. The van der Waals surface area contributed by atoms with Gasteiger partial charge in [-0.05, 0) is 30.4 Å². The van der Waals surface area contributed by atoms with Crippen molar-refractivity contribution in [3.63, 3.8) is 0 Å². The summed E-state index contributed by atoms with van der Waals surface area (Å²) < 4.78 is 5.32. The molecular formula is C11H15NO. The van der Waals surface area contributed by atoms with E-state index in [2.05, 4.69) is 12.1 Å². The van der Waals surface area contributed by atoms with Gasteiger partial charge in [-0.1, -0.05) is 18.2 Å². The molecule has 1 heterocycles. The van der Waals surface area contributed by atoms with E-state index in [1.807, 2.05) is 12.1 Å². The van der Waals surface area contributed by atoms with Gasteiger partial charge in [-0.25, -0.2) is 0 Å². The predicted octanol–water partition coefficient (Wildman–Crippen LogP) is 2.16. The van der Waals surface area contributed by atoms with E-state index < -0.39 is 0 Å². The van der Waals surface area contributed by atoms with Gasteiger partial charge in [-0.15, -0.1) is 0 Å². The summed E-state index contributed by atoms with van der Waals surface area (Å²) in [7, 11) is 0. The first-order valence-corrected chi connectivity index (χ1v) is 4.80. The van der Waals surface area contributed by atoms with E-state index in [1.54, 1.807) is 0 Å². The number of ether oxygens (including phenoxy) is 1. The number of hydrogen-bond donors (Lipinski definition) is 1. The van der Waals surface area contributed by atoms with E-state index in [0.717, 1.165) is 31.7 Å². The zero-order valence-corrected chi connectivity index (χ0v) is 7.70. The monoisotopic (exact) mass is 177 g/mol. The zero-order valence-electron chi connectivity index (χ0n) is 7.70. The van der Waals surface area contributed by atoms with E-state index in [-0.39, 0.29) is 0 Å². The average Bonchev–Trinajstić information content (AvgIpc) is 2.20. The number of rotatable bonds is 1. The summed E-state index contributed by atoms with van der Waals surface area (Å²) in [4.78, 5) is 0. The Kier molecular flexibility index (Phi) is 2.50. The smallest absolute Gasteiger partial charge is 0.0471 e. The Labute approximate surface area is 78.7 Å².